The van der Waals surface area contributed by atoms with E-state index in [-0.39, 0.29) is 6.10 Å². The number of nitrogens with zero attached hydrogens (tertiary/aromatic N) is 3. The largest absolute Gasteiger partial charge is 0.491 e. The first-order valence-electron chi connectivity index (χ1n) is 10.3. The number of benzene rings is 1. The van der Waals surface area contributed by atoms with E-state index in [0.717, 1.165) is 60.9 Å². The average molecular weight is 417 g/mol. The van der Waals surface area contributed by atoms with E-state index < -0.39 is 0 Å². The Morgan fingerprint density at radius 1 is 1.23 bits per heavy atom. The van der Waals surface area contributed by atoms with Gasteiger partial charge in [0, 0.05) is 50.1 Å². The van der Waals surface area contributed by atoms with Crippen molar-refractivity contribution < 1.29 is 4.74 Å². The molecule has 0 spiro atoms. The second-order valence-electron chi connectivity index (χ2n) is 7.51. The Kier molecular flexibility index (Phi) is 8.82. The number of hydrazine groups is 1. The van der Waals surface area contributed by atoms with Crippen molar-refractivity contribution in [3.63, 3.8) is 0 Å². The van der Waals surface area contributed by atoms with Gasteiger partial charge in [-0.05, 0) is 50.3 Å². The molecule has 1 aliphatic rings. The van der Waals surface area contributed by atoms with E-state index in [9.17, 15) is 0 Å². The molecule has 9 heteroatoms. The maximum Gasteiger partial charge on any atom is 0.154 e. The van der Waals surface area contributed by atoms with Gasteiger partial charge >= 0.3 is 0 Å². The van der Waals surface area contributed by atoms with Gasteiger partial charge in [0.15, 0.2) is 5.84 Å². The van der Waals surface area contributed by atoms with Gasteiger partial charge in [-0.25, -0.2) is 11.4 Å². The predicted octanol–water partition coefficient (Wildman–Crippen LogP) is 0.557. The predicted molar refractivity (Wildman–Crippen MR) is 124 cm³/mol. The van der Waals surface area contributed by atoms with Crippen molar-refractivity contribution in [1.29, 1.82) is 0 Å². The number of ether oxygens (including phenoxy) is 1. The molecule has 1 fully saturated rings. The number of aryl methyl sites for hydroxylation is 1. The minimum absolute atomic E-state index is 0.0827. The zero-order chi connectivity index (χ0) is 22.1. The molecule has 1 aromatic rings. The molecule has 0 unspecified atom stereocenters. The minimum atomic E-state index is 0.0827. The second kappa shape index (κ2) is 11.3. The topological polar surface area (TPSA) is 144 Å². The number of hydrazone groups is 1. The molecule has 0 saturated carbocycles. The fourth-order valence-corrected chi connectivity index (χ4v) is 3.58. The van der Waals surface area contributed by atoms with Crippen molar-refractivity contribution in [1.82, 2.24) is 10.4 Å². The number of hydrogen-bond donors (Lipinski definition) is 5. The monoisotopic (exact) mass is 416 g/mol. The maximum absolute atomic E-state index is 6.27. The molecule has 1 saturated heterocycles. The highest BCUT2D eigenvalue weighted by Gasteiger charge is 2.23. The van der Waals surface area contributed by atoms with Gasteiger partial charge in [-0.2, -0.15) is 0 Å². The lowest BCUT2D eigenvalue weighted by Gasteiger charge is -2.37. The van der Waals surface area contributed by atoms with Gasteiger partial charge in [0.25, 0.3) is 0 Å². The summed E-state index contributed by atoms with van der Waals surface area (Å²) in [5, 5.41) is 4.04. The Labute approximate surface area is 179 Å². The Morgan fingerprint density at radius 3 is 2.50 bits per heavy atom. The summed E-state index contributed by atoms with van der Waals surface area (Å²) in [6.45, 7) is 10.3. The van der Waals surface area contributed by atoms with Crippen LogP contribution in [0.15, 0.2) is 41.3 Å². The number of nitrogens with one attached hydrogen (secondary N) is 1. The van der Waals surface area contributed by atoms with E-state index in [1.165, 1.54) is 6.20 Å². The molecule has 0 radical (unpaired) electrons. The molecule has 1 aliphatic heterocycles. The molecule has 1 heterocycles. The van der Waals surface area contributed by atoms with Crippen LogP contribution >= 0.6 is 0 Å². The van der Waals surface area contributed by atoms with Gasteiger partial charge in [-0.1, -0.05) is 6.92 Å². The van der Waals surface area contributed by atoms with Crippen molar-refractivity contribution in [2.24, 2.45) is 28.1 Å². The van der Waals surface area contributed by atoms with Crippen molar-refractivity contribution in [3.05, 3.63) is 47.3 Å². The standard InChI is InChI=1S/C21H36N8O/c1-4-16-12-18(30-15(2)3)13-19(20(16)21(24)26-27-25)29-10-8-28(9-11-29)14-17(23)6-5-7-22/h5-7,12-13,15,27H,4,8-11,14,22-23,25H2,1-3H3,(H2,24,26)/b7-5-,17-6-. The van der Waals surface area contributed by atoms with Gasteiger partial charge < -0.3 is 26.8 Å². The molecular formula is C21H36N8O. The second-order valence-corrected chi connectivity index (χ2v) is 7.51. The highest BCUT2D eigenvalue weighted by molar-refractivity contribution is 6.04. The van der Waals surface area contributed by atoms with Crippen LogP contribution in [0, 0.1) is 0 Å². The van der Waals surface area contributed by atoms with Crippen LogP contribution in [-0.4, -0.2) is 49.6 Å². The minimum Gasteiger partial charge on any atom is -0.491 e. The zero-order valence-corrected chi connectivity index (χ0v) is 18.3. The first-order valence-corrected chi connectivity index (χ1v) is 10.3. The summed E-state index contributed by atoms with van der Waals surface area (Å²) in [6.07, 6.45) is 5.94. The van der Waals surface area contributed by atoms with Crippen LogP contribution in [0.5, 0.6) is 5.75 Å². The summed E-state index contributed by atoms with van der Waals surface area (Å²) in [5.41, 5.74) is 23.8. The van der Waals surface area contributed by atoms with Gasteiger partial charge in [-0.3, -0.25) is 4.90 Å². The Hall–Kier alpha value is -2.91. The van der Waals surface area contributed by atoms with E-state index in [1.54, 1.807) is 6.08 Å². The fourth-order valence-electron chi connectivity index (χ4n) is 3.58. The molecule has 0 amide bonds. The highest BCUT2D eigenvalue weighted by atomic mass is 16.5. The lowest BCUT2D eigenvalue weighted by atomic mass is 10.00. The summed E-state index contributed by atoms with van der Waals surface area (Å²) in [5.74, 6) is 6.58. The number of allylic oxidation sites excluding steroid dienone is 2. The molecular weight excluding hydrogens is 380 g/mol. The molecule has 2 rings (SSSR count). The lowest BCUT2D eigenvalue weighted by Crippen LogP contribution is -2.48. The van der Waals surface area contributed by atoms with Crippen LogP contribution in [-0.2, 0) is 6.42 Å². The summed E-state index contributed by atoms with van der Waals surface area (Å²) in [4.78, 5) is 4.64. The molecule has 30 heavy (non-hydrogen) atoms. The number of hydrogen-bond acceptors (Lipinski definition) is 8. The summed E-state index contributed by atoms with van der Waals surface area (Å²) >= 11 is 0. The molecule has 0 bridgehead atoms. The molecule has 9 N–H and O–H groups in total. The lowest BCUT2D eigenvalue weighted by molar-refractivity contribution is 0.242. The van der Waals surface area contributed by atoms with E-state index in [1.807, 2.05) is 32.1 Å². The van der Waals surface area contributed by atoms with Crippen LogP contribution in [0.4, 0.5) is 5.69 Å². The molecule has 1 aromatic carbocycles. The average Bonchev–Trinajstić information content (AvgIpc) is 2.71. The zero-order valence-electron chi connectivity index (χ0n) is 18.3. The smallest absolute Gasteiger partial charge is 0.154 e. The number of rotatable bonds is 9. The third kappa shape index (κ3) is 6.30. The third-order valence-corrected chi connectivity index (χ3v) is 4.91. The van der Waals surface area contributed by atoms with Gasteiger partial charge in [0.1, 0.15) is 5.75 Å². The van der Waals surface area contributed by atoms with Crippen LogP contribution in [0.3, 0.4) is 0 Å². The van der Waals surface area contributed by atoms with Gasteiger partial charge in [0.2, 0.25) is 0 Å². The Bertz CT molecular complexity index is 779. The van der Waals surface area contributed by atoms with E-state index in [2.05, 4.69) is 27.4 Å². The fraction of sp³-hybridized carbons (Fsp3) is 0.476. The number of amidine groups is 1. The van der Waals surface area contributed by atoms with E-state index in [4.69, 9.17) is 27.8 Å². The molecule has 166 valence electrons. The van der Waals surface area contributed by atoms with Gasteiger partial charge in [-0.15, -0.1) is 5.10 Å². The summed E-state index contributed by atoms with van der Waals surface area (Å²) < 4.78 is 6.00. The van der Waals surface area contributed by atoms with Crippen molar-refractivity contribution in [2.45, 2.75) is 33.3 Å². The SMILES string of the molecule is CCc1cc(OC(C)C)cc(N2CCN(C/C(N)=C/C=C\N)CC2)c1/C(N)=N/NN. The van der Waals surface area contributed by atoms with Crippen LogP contribution in [0.2, 0.25) is 0 Å². The normalized spacial score (nSPS) is 16.5. The van der Waals surface area contributed by atoms with Crippen molar-refractivity contribution >= 4 is 11.5 Å². The Morgan fingerprint density at radius 2 is 1.93 bits per heavy atom. The van der Waals surface area contributed by atoms with Crippen LogP contribution in [0.1, 0.15) is 31.9 Å². The van der Waals surface area contributed by atoms with E-state index >= 15 is 0 Å². The number of nitrogens with two attached hydrogens (primary N) is 4. The molecule has 9 nitrogen and oxygen atoms in total. The molecule has 0 atom stereocenters. The number of piperazine rings is 1. The van der Waals surface area contributed by atoms with Crippen LogP contribution in [0.25, 0.3) is 0 Å². The Balaban J connectivity index is 2.29. The van der Waals surface area contributed by atoms with Crippen molar-refractivity contribution in [2.75, 3.05) is 37.6 Å². The third-order valence-electron chi connectivity index (χ3n) is 4.91. The van der Waals surface area contributed by atoms with Gasteiger partial charge in [0.05, 0.1) is 11.8 Å². The highest BCUT2D eigenvalue weighted by Crippen LogP contribution is 2.32. The quantitative estimate of drug-likeness (QED) is 0.129. The number of anilines is 1. The summed E-state index contributed by atoms with van der Waals surface area (Å²) in [7, 11) is 0. The molecule has 0 aliphatic carbocycles. The first kappa shape index (κ1) is 23.4. The molecule has 0 aromatic heterocycles. The summed E-state index contributed by atoms with van der Waals surface area (Å²) in [6, 6.07) is 4.08. The van der Waals surface area contributed by atoms with Crippen LogP contribution < -0.4 is 38.2 Å². The first-order chi connectivity index (χ1) is 14.4. The van der Waals surface area contributed by atoms with Crippen molar-refractivity contribution in [3.8, 4) is 5.75 Å². The maximum atomic E-state index is 6.27. The van der Waals surface area contributed by atoms with E-state index in [0.29, 0.717) is 12.4 Å².